The van der Waals surface area contributed by atoms with E-state index in [2.05, 4.69) is 31.7 Å². The van der Waals surface area contributed by atoms with Crippen LogP contribution in [0.2, 0.25) is 0 Å². The summed E-state index contributed by atoms with van der Waals surface area (Å²) in [5.74, 6) is 1.37. The van der Waals surface area contributed by atoms with Crippen molar-refractivity contribution in [1.82, 2.24) is 19.7 Å². The second-order valence-corrected chi connectivity index (χ2v) is 9.68. The lowest BCUT2D eigenvalue weighted by molar-refractivity contribution is -0.135. The van der Waals surface area contributed by atoms with Gasteiger partial charge in [0.2, 0.25) is 5.91 Å². The molecule has 4 heterocycles. The Hall–Kier alpha value is -1.70. The molecular formula is C24H37N5O2. The van der Waals surface area contributed by atoms with E-state index in [0.717, 1.165) is 83.5 Å². The Morgan fingerprint density at radius 1 is 1.06 bits per heavy atom. The SMILES string of the molecule is COC1CCCN(c2ccc3c(n2)CCN(CC(=O)N2CCN(C4CCC4)CC2)C3)C1. The molecule has 2 saturated heterocycles. The average molecular weight is 428 g/mol. The molecule has 1 saturated carbocycles. The standard InChI is InChI=1S/C24H37N5O2/c1-31-21-6-3-10-29(17-21)23-8-7-19-16-26(11-9-22(19)25-23)18-24(30)28-14-12-27(13-15-28)20-4-2-5-20/h7-8,20-21H,2-6,9-18H2,1H3. The van der Waals surface area contributed by atoms with Crippen LogP contribution in [0.5, 0.6) is 0 Å². The van der Waals surface area contributed by atoms with Gasteiger partial charge >= 0.3 is 0 Å². The summed E-state index contributed by atoms with van der Waals surface area (Å²) < 4.78 is 5.57. The molecular weight excluding hydrogens is 390 g/mol. The minimum atomic E-state index is 0.292. The Balaban J connectivity index is 1.13. The molecule has 7 heteroatoms. The maximum Gasteiger partial charge on any atom is 0.236 e. The fourth-order valence-electron chi connectivity index (χ4n) is 5.49. The van der Waals surface area contributed by atoms with E-state index in [1.54, 1.807) is 7.11 Å². The van der Waals surface area contributed by atoms with E-state index in [4.69, 9.17) is 9.72 Å². The number of ether oxygens (including phenoxy) is 1. The van der Waals surface area contributed by atoms with Gasteiger partial charge in [0.05, 0.1) is 12.6 Å². The molecule has 0 radical (unpaired) electrons. The number of aromatic nitrogens is 1. The van der Waals surface area contributed by atoms with Crippen LogP contribution in [0.3, 0.4) is 0 Å². The van der Waals surface area contributed by atoms with E-state index in [0.29, 0.717) is 18.6 Å². The molecule has 0 spiro atoms. The lowest BCUT2D eigenvalue weighted by atomic mass is 9.91. The zero-order valence-corrected chi connectivity index (χ0v) is 19.0. The number of piperidine rings is 1. The van der Waals surface area contributed by atoms with E-state index >= 15 is 0 Å². The summed E-state index contributed by atoms with van der Waals surface area (Å²) in [7, 11) is 1.80. The fourth-order valence-corrected chi connectivity index (χ4v) is 5.49. The van der Waals surface area contributed by atoms with Gasteiger partial charge in [-0.3, -0.25) is 14.6 Å². The molecule has 1 aromatic heterocycles. The predicted octanol–water partition coefficient (Wildman–Crippen LogP) is 1.75. The summed E-state index contributed by atoms with van der Waals surface area (Å²) in [6.45, 7) is 8.14. The van der Waals surface area contributed by atoms with Crippen LogP contribution >= 0.6 is 0 Å². The summed E-state index contributed by atoms with van der Waals surface area (Å²) in [6, 6.07) is 5.17. The second-order valence-electron chi connectivity index (χ2n) is 9.68. The summed E-state index contributed by atoms with van der Waals surface area (Å²) in [4.78, 5) is 27.2. The van der Waals surface area contributed by atoms with Crippen molar-refractivity contribution in [3.05, 3.63) is 23.4 Å². The van der Waals surface area contributed by atoms with Gasteiger partial charge < -0.3 is 14.5 Å². The maximum atomic E-state index is 12.9. The highest BCUT2D eigenvalue weighted by atomic mass is 16.5. The number of nitrogens with zero attached hydrogens (tertiary/aromatic N) is 5. The van der Waals surface area contributed by atoms with Crippen molar-refractivity contribution in [2.45, 2.75) is 57.2 Å². The van der Waals surface area contributed by atoms with Crippen LogP contribution in [0, 0.1) is 0 Å². The molecule has 1 amide bonds. The number of fused-ring (bicyclic) bond motifs is 1. The molecule has 5 rings (SSSR count). The summed E-state index contributed by atoms with van der Waals surface area (Å²) in [5.41, 5.74) is 2.48. The highest BCUT2D eigenvalue weighted by Gasteiger charge is 2.30. The number of carbonyl (C=O) groups excluding carboxylic acids is 1. The van der Waals surface area contributed by atoms with Gasteiger partial charge in [0.25, 0.3) is 0 Å². The molecule has 3 aliphatic heterocycles. The average Bonchev–Trinajstić information content (AvgIpc) is 2.78. The lowest BCUT2D eigenvalue weighted by Crippen LogP contribution is -2.55. The topological polar surface area (TPSA) is 52.2 Å². The van der Waals surface area contributed by atoms with Gasteiger partial charge in [0, 0.05) is 77.6 Å². The van der Waals surface area contributed by atoms with Crippen LogP contribution < -0.4 is 4.90 Å². The number of rotatable bonds is 5. The van der Waals surface area contributed by atoms with Crippen molar-refractivity contribution in [2.75, 3.05) is 64.4 Å². The molecule has 4 aliphatic rings. The Morgan fingerprint density at radius 2 is 1.90 bits per heavy atom. The molecule has 0 aromatic carbocycles. The molecule has 7 nitrogen and oxygen atoms in total. The minimum Gasteiger partial charge on any atom is -0.380 e. The molecule has 0 bridgehead atoms. The van der Waals surface area contributed by atoms with E-state index in [9.17, 15) is 4.79 Å². The Kier molecular flexibility index (Phi) is 6.44. The van der Waals surface area contributed by atoms with Crippen molar-refractivity contribution in [3.63, 3.8) is 0 Å². The van der Waals surface area contributed by atoms with Gasteiger partial charge in [-0.25, -0.2) is 4.98 Å². The Labute approximate surface area is 186 Å². The van der Waals surface area contributed by atoms with Gasteiger partial charge in [-0.15, -0.1) is 0 Å². The quantitative estimate of drug-likeness (QED) is 0.714. The largest absolute Gasteiger partial charge is 0.380 e. The predicted molar refractivity (Wildman–Crippen MR) is 121 cm³/mol. The number of anilines is 1. The smallest absolute Gasteiger partial charge is 0.236 e. The number of hydrogen-bond acceptors (Lipinski definition) is 6. The van der Waals surface area contributed by atoms with E-state index in [-0.39, 0.29) is 0 Å². The van der Waals surface area contributed by atoms with Crippen molar-refractivity contribution >= 4 is 11.7 Å². The Morgan fingerprint density at radius 3 is 2.65 bits per heavy atom. The van der Waals surface area contributed by atoms with Gasteiger partial charge in [-0.1, -0.05) is 12.5 Å². The number of amides is 1. The number of hydrogen-bond donors (Lipinski definition) is 0. The molecule has 1 aromatic rings. The van der Waals surface area contributed by atoms with Crippen LogP contribution in [0.15, 0.2) is 12.1 Å². The second kappa shape index (κ2) is 9.43. The number of carbonyl (C=O) groups is 1. The maximum absolute atomic E-state index is 12.9. The third kappa shape index (κ3) is 4.73. The van der Waals surface area contributed by atoms with Gasteiger partial charge in [0.15, 0.2) is 0 Å². The van der Waals surface area contributed by atoms with Crippen LogP contribution in [0.25, 0.3) is 0 Å². The summed E-state index contributed by atoms with van der Waals surface area (Å²) >= 11 is 0. The fraction of sp³-hybridized carbons (Fsp3) is 0.750. The summed E-state index contributed by atoms with van der Waals surface area (Å²) in [5, 5.41) is 0. The Bertz CT molecular complexity index is 775. The zero-order chi connectivity index (χ0) is 21.2. The monoisotopic (exact) mass is 427 g/mol. The molecule has 1 atom stereocenters. The van der Waals surface area contributed by atoms with Crippen LogP contribution in [-0.4, -0.2) is 97.2 Å². The molecule has 31 heavy (non-hydrogen) atoms. The van der Waals surface area contributed by atoms with Crippen molar-refractivity contribution < 1.29 is 9.53 Å². The van der Waals surface area contributed by atoms with E-state index < -0.39 is 0 Å². The molecule has 170 valence electrons. The molecule has 0 N–H and O–H groups in total. The van der Waals surface area contributed by atoms with Gasteiger partial charge in [0.1, 0.15) is 5.82 Å². The first-order valence-electron chi connectivity index (χ1n) is 12.2. The van der Waals surface area contributed by atoms with Crippen LogP contribution in [-0.2, 0) is 22.5 Å². The first-order chi connectivity index (χ1) is 15.2. The normalized spacial score (nSPS) is 25.9. The number of methoxy groups -OCH3 is 1. The van der Waals surface area contributed by atoms with E-state index in [1.165, 1.54) is 30.5 Å². The third-order valence-corrected chi connectivity index (χ3v) is 7.76. The first-order valence-corrected chi connectivity index (χ1v) is 12.2. The number of pyridine rings is 1. The van der Waals surface area contributed by atoms with Gasteiger partial charge in [-0.2, -0.15) is 0 Å². The highest BCUT2D eigenvalue weighted by molar-refractivity contribution is 5.78. The molecule has 3 fully saturated rings. The van der Waals surface area contributed by atoms with Gasteiger partial charge in [-0.05, 0) is 37.3 Å². The van der Waals surface area contributed by atoms with Crippen LogP contribution in [0.1, 0.15) is 43.4 Å². The first kappa shape index (κ1) is 21.2. The zero-order valence-electron chi connectivity index (χ0n) is 19.0. The van der Waals surface area contributed by atoms with Crippen molar-refractivity contribution in [2.24, 2.45) is 0 Å². The third-order valence-electron chi connectivity index (χ3n) is 7.76. The number of piperazine rings is 1. The van der Waals surface area contributed by atoms with Crippen molar-refractivity contribution in [3.8, 4) is 0 Å². The molecule has 1 aliphatic carbocycles. The van der Waals surface area contributed by atoms with Crippen LogP contribution in [0.4, 0.5) is 5.82 Å². The molecule has 1 unspecified atom stereocenters. The lowest BCUT2D eigenvalue weighted by Gasteiger charge is -2.43. The highest BCUT2D eigenvalue weighted by Crippen LogP contribution is 2.26. The summed E-state index contributed by atoms with van der Waals surface area (Å²) in [6.07, 6.45) is 7.60. The minimum absolute atomic E-state index is 0.292. The van der Waals surface area contributed by atoms with Crippen molar-refractivity contribution in [1.29, 1.82) is 0 Å². The van der Waals surface area contributed by atoms with E-state index in [1.807, 2.05) is 0 Å².